The molecular formula is C19H23ClO. The van der Waals surface area contributed by atoms with Crippen LogP contribution in [-0.4, -0.2) is 5.78 Å². The fourth-order valence-electron chi connectivity index (χ4n) is 5.61. The summed E-state index contributed by atoms with van der Waals surface area (Å²) in [5.41, 5.74) is 2.18. The lowest BCUT2D eigenvalue weighted by Gasteiger charge is -2.56. The predicted molar refractivity (Wildman–Crippen MR) is 85.5 cm³/mol. The Hall–Kier alpha value is -0.820. The van der Waals surface area contributed by atoms with Crippen molar-refractivity contribution in [2.45, 2.75) is 51.9 Å². The summed E-state index contributed by atoms with van der Waals surface area (Å²) < 4.78 is 0. The van der Waals surface area contributed by atoms with Gasteiger partial charge in [0.25, 0.3) is 0 Å². The van der Waals surface area contributed by atoms with Crippen molar-refractivity contribution in [1.29, 1.82) is 0 Å². The summed E-state index contributed by atoms with van der Waals surface area (Å²) in [5.74, 6) is 2.95. The van der Waals surface area contributed by atoms with Crippen molar-refractivity contribution < 1.29 is 4.79 Å². The average Bonchev–Trinajstić information content (AvgIpc) is 2.40. The lowest BCUT2D eigenvalue weighted by molar-refractivity contribution is -0.143. The number of Topliss-reactive ketones (excluding diaryl/α,β-unsaturated/α-hetero) is 1. The molecule has 0 N–H and O–H groups in total. The normalized spacial score (nSPS) is 37.0. The number of rotatable bonds is 3. The Bertz CT molecular complexity index is 554. The summed E-state index contributed by atoms with van der Waals surface area (Å²) >= 11 is 6.33. The second-order valence-corrected chi connectivity index (χ2v) is 8.30. The van der Waals surface area contributed by atoms with E-state index in [9.17, 15) is 4.79 Å². The summed E-state index contributed by atoms with van der Waals surface area (Å²) in [4.78, 5) is 13.0. The van der Waals surface area contributed by atoms with Crippen LogP contribution in [0.4, 0.5) is 0 Å². The highest BCUT2D eigenvalue weighted by Gasteiger charge is 2.54. The lowest BCUT2D eigenvalue weighted by atomic mass is 9.48. The first-order chi connectivity index (χ1) is 10.0. The molecule has 112 valence electrons. The van der Waals surface area contributed by atoms with Crippen LogP contribution in [0.25, 0.3) is 0 Å². The Kier molecular flexibility index (Phi) is 3.19. The molecule has 4 bridgehead atoms. The molecule has 0 radical (unpaired) electrons. The van der Waals surface area contributed by atoms with Crippen LogP contribution in [0.1, 0.15) is 49.7 Å². The largest absolute Gasteiger partial charge is 0.299 e. The zero-order valence-corrected chi connectivity index (χ0v) is 13.5. The molecule has 5 rings (SSSR count). The number of ketones is 1. The van der Waals surface area contributed by atoms with Crippen molar-refractivity contribution in [3.63, 3.8) is 0 Å². The molecule has 4 saturated carbocycles. The smallest absolute Gasteiger partial charge is 0.143 e. The zero-order chi connectivity index (χ0) is 14.6. The van der Waals surface area contributed by atoms with Gasteiger partial charge < -0.3 is 0 Å². The predicted octanol–water partition coefficient (Wildman–Crippen LogP) is 4.98. The molecule has 2 heteroatoms. The molecular weight excluding hydrogens is 280 g/mol. The molecule has 0 atom stereocenters. The fourth-order valence-corrected chi connectivity index (χ4v) is 5.91. The van der Waals surface area contributed by atoms with Gasteiger partial charge in [0.1, 0.15) is 5.78 Å². The molecule has 4 aliphatic carbocycles. The van der Waals surface area contributed by atoms with E-state index >= 15 is 0 Å². The van der Waals surface area contributed by atoms with Gasteiger partial charge in [0.15, 0.2) is 0 Å². The van der Waals surface area contributed by atoms with Crippen LogP contribution in [0, 0.1) is 30.1 Å². The third-order valence-corrected chi connectivity index (χ3v) is 6.54. The molecule has 1 aromatic carbocycles. The Morgan fingerprint density at radius 1 is 1.14 bits per heavy atom. The van der Waals surface area contributed by atoms with Crippen LogP contribution in [0.5, 0.6) is 0 Å². The van der Waals surface area contributed by atoms with Gasteiger partial charge in [0.2, 0.25) is 0 Å². The van der Waals surface area contributed by atoms with Crippen LogP contribution in [-0.2, 0) is 11.2 Å². The Labute approximate surface area is 132 Å². The Balaban J connectivity index is 1.57. The Morgan fingerprint density at radius 3 is 2.24 bits per heavy atom. The van der Waals surface area contributed by atoms with Gasteiger partial charge in [-0.25, -0.2) is 0 Å². The van der Waals surface area contributed by atoms with E-state index in [4.69, 9.17) is 11.6 Å². The van der Waals surface area contributed by atoms with Crippen molar-refractivity contribution >= 4 is 17.4 Å². The van der Waals surface area contributed by atoms with Gasteiger partial charge in [-0.2, -0.15) is 0 Å². The maximum atomic E-state index is 13.0. The van der Waals surface area contributed by atoms with E-state index < -0.39 is 0 Å². The highest BCUT2D eigenvalue weighted by molar-refractivity contribution is 6.31. The van der Waals surface area contributed by atoms with Crippen molar-refractivity contribution in [3.05, 3.63) is 34.3 Å². The van der Waals surface area contributed by atoms with E-state index in [0.29, 0.717) is 12.2 Å². The van der Waals surface area contributed by atoms with Crippen LogP contribution in [0.3, 0.4) is 0 Å². The first-order valence-corrected chi connectivity index (χ1v) is 8.70. The number of carbonyl (C=O) groups excluding carboxylic acids is 1. The third-order valence-electron chi connectivity index (χ3n) is 6.19. The number of carbonyl (C=O) groups is 1. The van der Waals surface area contributed by atoms with E-state index in [1.165, 1.54) is 19.3 Å². The van der Waals surface area contributed by atoms with E-state index in [1.54, 1.807) is 0 Å². The van der Waals surface area contributed by atoms with Gasteiger partial charge in [0, 0.05) is 16.9 Å². The van der Waals surface area contributed by atoms with Crippen LogP contribution in [0.15, 0.2) is 18.2 Å². The van der Waals surface area contributed by atoms with Gasteiger partial charge in [-0.1, -0.05) is 23.7 Å². The number of benzene rings is 1. The summed E-state index contributed by atoms with van der Waals surface area (Å²) in [6.07, 6.45) is 8.16. The standard InChI is InChI=1S/C19H23ClO/c1-12-2-3-16(17(20)4-12)8-18(21)19-9-13-5-14(10-19)7-15(6-13)11-19/h2-4,13-15H,5-11H2,1H3. The minimum Gasteiger partial charge on any atom is -0.299 e. The van der Waals surface area contributed by atoms with Crippen LogP contribution in [0.2, 0.25) is 5.02 Å². The third kappa shape index (κ3) is 2.34. The quantitative estimate of drug-likeness (QED) is 0.770. The topological polar surface area (TPSA) is 17.1 Å². The molecule has 0 amide bonds. The highest BCUT2D eigenvalue weighted by atomic mass is 35.5. The zero-order valence-electron chi connectivity index (χ0n) is 12.7. The van der Waals surface area contributed by atoms with Gasteiger partial charge in [0.05, 0.1) is 0 Å². The van der Waals surface area contributed by atoms with Crippen molar-refractivity contribution in [3.8, 4) is 0 Å². The summed E-state index contributed by atoms with van der Waals surface area (Å²) in [7, 11) is 0. The molecule has 0 heterocycles. The van der Waals surface area contributed by atoms with E-state index in [0.717, 1.165) is 53.2 Å². The minimum absolute atomic E-state index is 0.00294. The molecule has 0 aliphatic heterocycles. The van der Waals surface area contributed by atoms with Gasteiger partial charge in [-0.15, -0.1) is 0 Å². The number of hydrogen-bond acceptors (Lipinski definition) is 1. The lowest BCUT2D eigenvalue weighted by Crippen LogP contribution is -2.50. The average molecular weight is 303 g/mol. The molecule has 0 saturated heterocycles. The number of hydrogen-bond donors (Lipinski definition) is 0. The van der Waals surface area contributed by atoms with Gasteiger partial charge in [-0.3, -0.25) is 4.79 Å². The fraction of sp³-hybridized carbons (Fsp3) is 0.632. The summed E-state index contributed by atoms with van der Waals surface area (Å²) in [6, 6.07) is 6.08. The summed E-state index contributed by atoms with van der Waals surface area (Å²) in [6.45, 7) is 2.04. The van der Waals surface area contributed by atoms with Crippen molar-refractivity contribution in [2.75, 3.05) is 0 Å². The maximum Gasteiger partial charge on any atom is 0.143 e. The number of aryl methyl sites for hydroxylation is 1. The molecule has 1 aromatic rings. The first kappa shape index (κ1) is 13.8. The number of halogens is 1. The molecule has 0 aromatic heterocycles. The molecule has 4 aliphatic rings. The van der Waals surface area contributed by atoms with E-state index in [1.807, 2.05) is 19.1 Å². The van der Waals surface area contributed by atoms with E-state index in [2.05, 4.69) is 6.07 Å². The molecule has 21 heavy (non-hydrogen) atoms. The molecule has 4 fully saturated rings. The highest BCUT2D eigenvalue weighted by Crippen LogP contribution is 2.60. The first-order valence-electron chi connectivity index (χ1n) is 8.32. The Morgan fingerprint density at radius 2 is 1.71 bits per heavy atom. The SMILES string of the molecule is Cc1ccc(CC(=O)C23CC4CC(CC(C4)C2)C3)c(Cl)c1. The monoisotopic (exact) mass is 302 g/mol. The molecule has 0 unspecified atom stereocenters. The molecule has 1 nitrogen and oxygen atoms in total. The maximum absolute atomic E-state index is 13.0. The van der Waals surface area contributed by atoms with Gasteiger partial charge >= 0.3 is 0 Å². The van der Waals surface area contributed by atoms with Crippen LogP contribution >= 0.6 is 11.6 Å². The summed E-state index contributed by atoms with van der Waals surface area (Å²) in [5, 5.41) is 0.757. The van der Waals surface area contributed by atoms with E-state index in [-0.39, 0.29) is 5.41 Å². The van der Waals surface area contributed by atoms with Crippen molar-refractivity contribution in [2.24, 2.45) is 23.2 Å². The van der Waals surface area contributed by atoms with Gasteiger partial charge in [-0.05, 0) is 80.4 Å². The molecule has 0 spiro atoms. The van der Waals surface area contributed by atoms with Crippen molar-refractivity contribution in [1.82, 2.24) is 0 Å². The van der Waals surface area contributed by atoms with Crippen LogP contribution < -0.4 is 0 Å². The second-order valence-electron chi connectivity index (χ2n) is 7.89. The minimum atomic E-state index is 0.00294. The second kappa shape index (κ2) is 4.84.